The Bertz CT molecular complexity index is 813. The van der Waals surface area contributed by atoms with Gasteiger partial charge in [0, 0.05) is 24.2 Å². The van der Waals surface area contributed by atoms with Crippen molar-refractivity contribution in [2.45, 2.75) is 25.5 Å². The van der Waals surface area contributed by atoms with Gasteiger partial charge in [-0.05, 0) is 55.3 Å². The minimum absolute atomic E-state index is 0.242. The van der Waals surface area contributed by atoms with Crippen LogP contribution in [0, 0.1) is 11.3 Å². The average Bonchev–Trinajstić information content (AvgIpc) is 2.67. The molecule has 1 aliphatic rings. The zero-order valence-corrected chi connectivity index (χ0v) is 15.2. The molecule has 2 aromatic carbocycles. The van der Waals surface area contributed by atoms with Gasteiger partial charge in [0.25, 0.3) is 0 Å². The predicted octanol–water partition coefficient (Wildman–Crippen LogP) is 3.20. The van der Waals surface area contributed by atoms with Crippen LogP contribution in [0.4, 0.5) is 0 Å². The lowest BCUT2D eigenvalue weighted by atomic mass is 9.98. The van der Waals surface area contributed by atoms with E-state index in [2.05, 4.69) is 17.0 Å². The fourth-order valence-corrected chi connectivity index (χ4v) is 3.48. The number of ether oxygens (including phenoxy) is 2. The fourth-order valence-electron chi connectivity index (χ4n) is 3.48. The van der Waals surface area contributed by atoms with Crippen LogP contribution in [0.5, 0.6) is 11.5 Å². The summed E-state index contributed by atoms with van der Waals surface area (Å²) >= 11 is 0. The van der Waals surface area contributed by atoms with Gasteiger partial charge in [-0.3, -0.25) is 4.90 Å². The summed E-state index contributed by atoms with van der Waals surface area (Å²) in [6, 6.07) is 13.6. The summed E-state index contributed by atoms with van der Waals surface area (Å²) in [5, 5.41) is 19.1. The number of nitrogens with zero attached hydrogens (tertiary/aromatic N) is 2. The van der Waals surface area contributed by atoms with E-state index >= 15 is 0 Å². The molecule has 0 saturated carbocycles. The molecule has 1 aliphatic heterocycles. The Kier molecular flexibility index (Phi) is 5.77. The van der Waals surface area contributed by atoms with Crippen molar-refractivity contribution in [1.29, 1.82) is 5.26 Å². The van der Waals surface area contributed by atoms with E-state index in [1.54, 1.807) is 26.4 Å². The van der Waals surface area contributed by atoms with E-state index in [1.807, 2.05) is 18.2 Å². The molecule has 1 unspecified atom stereocenters. The summed E-state index contributed by atoms with van der Waals surface area (Å²) in [5.74, 6) is 1.44. The first-order chi connectivity index (χ1) is 12.6. The molecule has 5 nitrogen and oxygen atoms in total. The topological polar surface area (TPSA) is 65.7 Å². The Hall–Kier alpha value is -2.55. The zero-order valence-electron chi connectivity index (χ0n) is 15.2. The highest BCUT2D eigenvalue weighted by Gasteiger charge is 2.19. The van der Waals surface area contributed by atoms with Crippen molar-refractivity contribution < 1.29 is 14.6 Å². The number of aliphatic hydroxyl groups excluding tert-OH is 1. The summed E-state index contributed by atoms with van der Waals surface area (Å²) in [6.45, 7) is 2.47. The second-order valence-electron chi connectivity index (χ2n) is 6.59. The van der Waals surface area contributed by atoms with Crippen LogP contribution in [-0.4, -0.2) is 43.4 Å². The molecule has 2 aromatic rings. The van der Waals surface area contributed by atoms with Gasteiger partial charge in [-0.15, -0.1) is 0 Å². The van der Waals surface area contributed by atoms with Gasteiger partial charge in [0.05, 0.1) is 32.0 Å². The van der Waals surface area contributed by atoms with Crippen LogP contribution in [0.1, 0.15) is 24.0 Å². The maximum absolute atomic E-state index is 9.89. The second kappa shape index (κ2) is 8.22. The standard InChI is InChI=1S/C21H24N2O3/c1-25-20-7-5-15(12-22)10-18(20)19-11-16(6-8-21(19)26-2)13-23-9-3-4-17(24)14-23/h5-8,10-11,17,24H,3-4,9,13-14H2,1-2H3. The fraction of sp³-hybridized carbons (Fsp3) is 0.381. The van der Waals surface area contributed by atoms with Gasteiger partial charge in [-0.1, -0.05) is 6.07 Å². The molecular formula is C21H24N2O3. The molecule has 1 atom stereocenters. The molecule has 5 heteroatoms. The largest absolute Gasteiger partial charge is 0.496 e. The molecule has 0 aromatic heterocycles. The predicted molar refractivity (Wildman–Crippen MR) is 100 cm³/mol. The van der Waals surface area contributed by atoms with Crippen LogP contribution in [-0.2, 0) is 6.54 Å². The van der Waals surface area contributed by atoms with Crippen LogP contribution in [0.25, 0.3) is 11.1 Å². The third-order valence-electron chi connectivity index (χ3n) is 4.77. The van der Waals surface area contributed by atoms with E-state index in [4.69, 9.17) is 9.47 Å². The lowest BCUT2D eigenvalue weighted by molar-refractivity contribution is 0.0668. The quantitative estimate of drug-likeness (QED) is 0.895. The van der Waals surface area contributed by atoms with Gasteiger partial charge in [0.1, 0.15) is 11.5 Å². The molecule has 1 fully saturated rings. The lowest BCUT2D eigenvalue weighted by Crippen LogP contribution is -2.37. The molecular weight excluding hydrogens is 328 g/mol. The highest BCUT2D eigenvalue weighted by atomic mass is 16.5. The van der Waals surface area contributed by atoms with E-state index in [0.717, 1.165) is 48.4 Å². The number of hydrogen-bond donors (Lipinski definition) is 1. The molecule has 1 N–H and O–H groups in total. The number of nitriles is 1. The lowest BCUT2D eigenvalue weighted by Gasteiger charge is -2.30. The van der Waals surface area contributed by atoms with Crippen molar-refractivity contribution in [3.63, 3.8) is 0 Å². The molecule has 0 bridgehead atoms. The molecule has 0 spiro atoms. The molecule has 0 aliphatic carbocycles. The summed E-state index contributed by atoms with van der Waals surface area (Å²) in [4.78, 5) is 2.27. The van der Waals surface area contributed by atoms with Gasteiger partial charge in [0.15, 0.2) is 0 Å². The number of β-amino-alcohol motifs (C(OH)–C–C–N with tert-alkyl or cyclic N) is 1. The smallest absolute Gasteiger partial charge is 0.126 e. The zero-order chi connectivity index (χ0) is 18.5. The molecule has 1 heterocycles. The first kappa shape index (κ1) is 18.2. The SMILES string of the molecule is COc1ccc(C#N)cc1-c1cc(CN2CCCC(O)C2)ccc1OC. The number of aliphatic hydroxyl groups is 1. The van der Waals surface area contributed by atoms with Crippen molar-refractivity contribution in [3.05, 3.63) is 47.5 Å². The Morgan fingerprint density at radius 1 is 1.12 bits per heavy atom. The Labute approximate surface area is 154 Å². The number of benzene rings is 2. The monoisotopic (exact) mass is 352 g/mol. The van der Waals surface area contributed by atoms with Crippen LogP contribution >= 0.6 is 0 Å². The first-order valence-corrected chi connectivity index (χ1v) is 8.80. The number of piperidine rings is 1. The van der Waals surface area contributed by atoms with E-state index in [-0.39, 0.29) is 6.10 Å². The van der Waals surface area contributed by atoms with E-state index < -0.39 is 0 Å². The van der Waals surface area contributed by atoms with Crippen LogP contribution in [0.15, 0.2) is 36.4 Å². The van der Waals surface area contributed by atoms with Crippen molar-refractivity contribution in [2.24, 2.45) is 0 Å². The number of rotatable bonds is 5. The van der Waals surface area contributed by atoms with Crippen LogP contribution in [0.3, 0.4) is 0 Å². The highest BCUT2D eigenvalue weighted by Crippen LogP contribution is 2.38. The summed E-state index contributed by atoms with van der Waals surface area (Å²) in [6.07, 6.45) is 1.65. The summed E-state index contributed by atoms with van der Waals surface area (Å²) in [5.41, 5.74) is 3.45. The summed E-state index contributed by atoms with van der Waals surface area (Å²) < 4.78 is 11.0. The molecule has 3 rings (SSSR count). The third kappa shape index (κ3) is 3.98. The molecule has 26 heavy (non-hydrogen) atoms. The average molecular weight is 352 g/mol. The molecule has 1 saturated heterocycles. The molecule has 136 valence electrons. The molecule has 0 radical (unpaired) electrons. The van der Waals surface area contributed by atoms with E-state index in [9.17, 15) is 10.4 Å². The first-order valence-electron chi connectivity index (χ1n) is 8.80. The number of hydrogen-bond acceptors (Lipinski definition) is 5. The Morgan fingerprint density at radius 3 is 2.46 bits per heavy atom. The Balaban J connectivity index is 1.97. The number of methoxy groups -OCH3 is 2. The van der Waals surface area contributed by atoms with Crippen LogP contribution < -0.4 is 9.47 Å². The van der Waals surface area contributed by atoms with Crippen molar-refractivity contribution >= 4 is 0 Å². The summed E-state index contributed by atoms with van der Waals surface area (Å²) in [7, 11) is 3.26. The Morgan fingerprint density at radius 2 is 1.81 bits per heavy atom. The van der Waals surface area contributed by atoms with Crippen molar-refractivity contribution in [3.8, 4) is 28.7 Å². The maximum Gasteiger partial charge on any atom is 0.126 e. The van der Waals surface area contributed by atoms with Gasteiger partial charge < -0.3 is 14.6 Å². The third-order valence-corrected chi connectivity index (χ3v) is 4.77. The minimum atomic E-state index is -0.242. The van der Waals surface area contributed by atoms with Crippen molar-refractivity contribution in [1.82, 2.24) is 4.90 Å². The minimum Gasteiger partial charge on any atom is -0.496 e. The maximum atomic E-state index is 9.89. The van der Waals surface area contributed by atoms with E-state index in [1.165, 1.54) is 0 Å². The van der Waals surface area contributed by atoms with Crippen molar-refractivity contribution in [2.75, 3.05) is 27.3 Å². The molecule has 0 amide bonds. The van der Waals surface area contributed by atoms with Gasteiger partial charge in [-0.25, -0.2) is 0 Å². The normalized spacial score (nSPS) is 17.5. The van der Waals surface area contributed by atoms with Gasteiger partial charge >= 0.3 is 0 Å². The van der Waals surface area contributed by atoms with Crippen LogP contribution in [0.2, 0.25) is 0 Å². The number of likely N-dealkylation sites (tertiary alicyclic amines) is 1. The second-order valence-corrected chi connectivity index (χ2v) is 6.59. The van der Waals surface area contributed by atoms with Gasteiger partial charge in [0.2, 0.25) is 0 Å². The highest BCUT2D eigenvalue weighted by molar-refractivity contribution is 5.77. The van der Waals surface area contributed by atoms with E-state index in [0.29, 0.717) is 17.9 Å². The van der Waals surface area contributed by atoms with Gasteiger partial charge in [-0.2, -0.15) is 5.26 Å².